The second kappa shape index (κ2) is 16.8. The Morgan fingerprint density at radius 2 is 1.40 bits per heavy atom. The predicted molar refractivity (Wildman–Crippen MR) is 194 cm³/mol. The van der Waals surface area contributed by atoms with Gasteiger partial charge in [0.25, 0.3) is 10.2 Å². The lowest BCUT2D eigenvalue weighted by atomic mass is 9.89. The van der Waals surface area contributed by atoms with Crippen LogP contribution in [0.15, 0.2) is 59.6 Å². The van der Waals surface area contributed by atoms with Crippen LogP contribution >= 0.6 is 11.6 Å². The first-order valence-corrected chi connectivity index (χ1v) is 20.7. The van der Waals surface area contributed by atoms with Gasteiger partial charge in [-0.1, -0.05) is 43.5 Å². The first-order chi connectivity index (χ1) is 22.9. The summed E-state index contributed by atoms with van der Waals surface area (Å²) in [6.07, 6.45) is 10.9. The average Bonchev–Trinajstić information content (AvgIpc) is 3.07. The summed E-state index contributed by atoms with van der Waals surface area (Å²) < 4.78 is 61.1. The third kappa shape index (κ3) is 9.58. The Morgan fingerprint density at radius 3 is 2.00 bits per heavy atom. The van der Waals surface area contributed by atoms with E-state index >= 15 is 0 Å². The third-order valence-corrected chi connectivity index (χ3v) is 14.2. The van der Waals surface area contributed by atoms with Crippen LogP contribution in [0.5, 0.6) is 0 Å². The van der Waals surface area contributed by atoms with Crippen molar-refractivity contribution in [1.82, 2.24) is 22.8 Å². The molecule has 3 fully saturated rings. The molecular formula is C35H53ClN6O4S2. The normalized spacial score (nSPS) is 21.9. The maximum atomic E-state index is 14.2. The molecule has 0 amide bonds. The molecule has 0 spiro atoms. The number of anilines is 1. The summed E-state index contributed by atoms with van der Waals surface area (Å²) >= 11 is 5.98. The van der Waals surface area contributed by atoms with Gasteiger partial charge < -0.3 is 9.80 Å². The van der Waals surface area contributed by atoms with E-state index in [4.69, 9.17) is 11.6 Å². The average molecular weight is 721 g/mol. The lowest BCUT2D eigenvalue weighted by Crippen LogP contribution is -2.49. The fraction of sp³-hybridized carbons (Fsp3) is 0.629. The number of hydrogen-bond donors (Lipinski definition) is 0. The van der Waals surface area contributed by atoms with Crippen LogP contribution in [-0.4, -0.2) is 113 Å². The largest absolute Gasteiger partial charge is 0.378 e. The van der Waals surface area contributed by atoms with Crippen molar-refractivity contribution in [3.05, 3.63) is 65.5 Å². The molecule has 1 aromatic carbocycles. The van der Waals surface area contributed by atoms with E-state index in [2.05, 4.69) is 16.5 Å². The maximum absolute atomic E-state index is 14.2. The van der Waals surface area contributed by atoms with Crippen molar-refractivity contribution in [3.8, 4) is 0 Å². The quantitative estimate of drug-likeness (QED) is 0.264. The van der Waals surface area contributed by atoms with E-state index in [0.29, 0.717) is 68.5 Å². The first kappa shape index (κ1) is 37.2. The minimum absolute atomic E-state index is 0.0675. The molecule has 3 aliphatic rings. The number of nitrogens with zero attached hydrogens (tertiary/aromatic N) is 6. The van der Waals surface area contributed by atoms with Crippen LogP contribution in [0.1, 0.15) is 69.3 Å². The molecule has 1 saturated carbocycles. The standard InChI is InChI=1S/C35H53ClN6O4S2/c1-29-26-41(47(43,44)34-14-12-33(13-15-34)38(2)3)21-7-19-39(28-30-9-5-4-6-10-30)20-8-22-42(27-29)48(45,46)40-23-17-31(18-24-40)32-11-16-35(36)37-25-32/h11-16,25,30-31H,1,4-10,17-24,26-28H2,2-3H3. The molecule has 3 heterocycles. The fourth-order valence-electron chi connectivity index (χ4n) is 7.36. The van der Waals surface area contributed by atoms with Crippen molar-refractivity contribution >= 4 is 37.5 Å². The number of rotatable bonds is 8. The molecule has 266 valence electrons. The van der Waals surface area contributed by atoms with Crippen LogP contribution < -0.4 is 4.90 Å². The van der Waals surface area contributed by atoms with Gasteiger partial charge in [-0.3, -0.25) is 0 Å². The molecular weight excluding hydrogens is 668 g/mol. The Hall–Kier alpha value is -2.06. The van der Waals surface area contributed by atoms with Crippen molar-refractivity contribution in [3.63, 3.8) is 0 Å². The maximum Gasteiger partial charge on any atom is 0.282 e. The number of benzene rings is 1. The van der Waals surface area contributed by atoms with Crippen molar-refractivity contribution in [1.29, 1.82) is 0 Å². The van der Waals surface area contributed by atoms with E-state index in [-0.39, 0.29) is 23.9 Å². The molecule has 2 aromatic rings. The topological polar surface area (TPSA) is 97.4 Å². The van der Waals surface area contributed by atoms with Crippen molar-refractivity contribution < 1.29 is 16.8 Å². The van der Waals surface area contributed by atoms with E-state index in [1.807, 2.05) is 37.2 Å². The molecule has 2 saturated heterocycles. The SMILES string of the molecule is C=C1CN(S(=O)(=O)c2ccc(N(C)C)cc2)CCCN(CC2CCCCC2)CCCN(S(=O)(=O)N2CCC(c3ccc(Cl)nc3)CC2)C1. The lowest BCUT2D eigenvalue weighted by Gasteiger charge is -2.36. The van der Waals surface area contributed by atoms with Gasteiger partial charge in [-0.15, -0.1) is 0 Å². The number of hydrogen-bond acceptors (Lipinski definition) is 7. The van der Waals surface area contributed by atoms with E-state index in [0.717, 1.165) is 30.9 Å². The minimum Gasteiger partial charge on any atom is -0.378 e. The van der Waals surface area contributed by atoms with E-state index in [1.165, 1.54) is 40.7 Å². The molecule has 0 N–H and O–H groups in total. The van der Waals surface area contributed by atoms with Crippen LogP contribution in [-0.2, 0) is 20.2 Å². The molecule has 0 unspecified atom stereocenters. The summed E-state index contributed by atoms with van der Waals surface area (Å²) in [5.74, 6) is 0.861. The van der Waals surface area contributed by atoms with Crippen LogP contribution in [0.4, 0.5) is 5.69 Å². The number of piperidine rings is 1. The molecule has 48 heavy (non-hydrogen) atoms. The Balaban J connectivity index is 1.34. The van der Waals surface area contributed by atoms with Gasteiger partial charge in [0.05, 0.1) is 4.90 Å². The van der Waals surface area contributed by atoms with Crippen molar-refractivity contribution in [2.45, 2.75) is 68.6 Å². The van der Waals surface area contributed by atoms with E-state index < -0.39 is 20.2 Å². The molecule has 0 atom stereocenters. The smallest absolute Gasteiger partial charge is 0.282 e. The van der Waals surface area contributed by atoms with Crippen LogP contribution in [0.25, 0.3) is 0 Å². The Bertz CT molecular complexity index is 1560. The van der Waals surface area contributed by atoms with Gasteiger partial charge in [-0.2, -0.15) is 21.3 Å². The number of halogens is 1. The summed E-state index contributed by atoms with van der Waals surface area (Å²) in [5, 5.41) is 0.445. The zero-order valence-electron chi connectivity index (χ0n) is 28.6. The molecule has 0 bridgehead atoms. The van der Waals surface area contributed by atoms with Gasteiger partial charge in [0.2, 0.25) is 10.0 Å². The van der Waals surface area contributed by atoms with Gasteiger partial charge in [0.1, 0.15) is 5.15 Å². The summed E-state index contributed by atoms with van der Waals surface area (Å²) in [5.41, 5.74) is 2.56. The second-order valence-electron chi connectivity index (χ2n) is 13.9. The van der Waals surface area contributed by atoms with Crippen LogP contribution in [0.3, 0.4) is 0 Å². The molecule has 13 heteroatoms. The van der Waals surface area contributed by atoms with Gasteiger partial charge in [-0.05, 0) is 105 Å². The number of pyridine rings is 1. The summed E-state index contributed by atoms with van der Waals surface area (Å²) in [7, 11) is -3.80. The molecule has 5 rings (SSSR count). The lowest BCUT2D eigenvalue weighted by molar-refractivity contribution is 0.187. The highest BCUT2D eigenvalue weighted by atomic mass is 35.5. The van der Waals surface area contributed by atoms with E-state index in [1.54, 1.807) is 28.7 Å². The first-order valence-electron chi connectivity index (χ1n) is 17.5. The van der Waals surface area contributed by atoms with Crippen LogP contribution in [0, 0.1) is 5.92 Å². The highest BCUT2D eigenvalue weighted by Gasteiger charge is 2.35. The summed E-state index contributed by atoms with van der Waals surface area (Å²) in [6, 6.07) is 10.7. The van der Waals surface area contributed by atoms with Gasteiger partial charge in [0, 0.05) is 71.8 Å². The van der Waals surface area contributed by atoms with Crippen molar-refractivity contribution in [2.75, 3.05) is 77.9 Å². The third-order valence-electron chi connectivity index (χ3n) is 10.1. The number of aromatic nitrogens is 1. The second-order valence-corrected chi connectivity index (χ2v) is 18.2. The van der Waals surface area contributed by atoms with E-state index in [9.17, 15) is 16.8 Å². The number of sulfonamides is 1. The minimum atomic E-state index is -3.84. The molecule has 0 radical (unpaired) electrons. The van der Waals surface area contributed by atoms with Gasteiger partial charge >= 0.3 is 0 Å². The Kier molecular flexibility index (Phi) is 13.0. The van der Waals surface area contributed by atoms with Gasteiger partial charge in [-0.25, -0.2) is 13.4 Å². The summed E-state index contributed by atoms with van der Waals surface area (Å²) in [4.78, 5) is 8.82. The summed E-state index contributed by atoms with van der Waals surface area (Å²) in [6.45, 7) is 8.44. The van der Waals surface area contributed by atoms with Crippen molar-refractivity contribution in [2.24, 2.45) is 5.92 Å². The Labute approximate surface area is 294 Å². The molecule has 10 nitrogen and oxygen atoms in total. The highest BCUT2D eigenvalue weighted by molar-refractivity contribution is 7.89. The predicted octanol–water partition coefficient (Wildman–Crippen LogP) is 5.45. The molecule has 1 aromatic heterocycles. The molecule has 2 aliphatic heterocycles. The highest BCUT2D eigenvalue weighted by Crippen LogP contribution is 2.31. The zero-order valence-corrected chi connectivity index (χ0v) is 31.0. The monoisotopic (exact) mass is 720 g/mol. The molecule has 1 aliphatic carbocycles. The van der Waals surface area contributed by atoms with Gasteiger partial charge in [0.15, 0.2) is 0 Å². The van der Waals surface area contributed by atoms with Crippen LogP contribution in [0.2, 0.25) is 5.15 Å². The Morgan fingerprint density at radius 1 is 0.771 bits per heavy atom. The zero-order chi connectivity index (χ0) is 34.3. The fourth-order valence-corrected chi connectivity index (χ4v) is 10.7.